The van der Waals surface area contributed by atoms with Gasteiger partial charge in [-0.2, -0.15) is 0 Å². The molecule has 2 unspecified atom stereocenters. The number of methoxy groups -OCH3 is 1. The van der Waals surface area contributed by atoms with Gasteiger partial charge in [-0.3, -0.25) is 10.1 Å². The van der Waals surface area contributed by atoms with Crippen LogP contribution >= 0.6 is 0 Å². The van der Waals surface area contributed by atoms with Gasteiger partial charge in [-0.25, -0.2) is 0 Å². The Morgan fingerprint density at radius 3 is 3.14 bits per heavy atom. The summed E-state index contributed by atoms with van der Waals surface area (Å²) in [5.41, 5.74) is 0. The van der Waals surface area contributed by atoms with Crippen molar-refractivity contribution in [1.82, 2.24) is 5.32 Å². The van der Waals surface area contributed by atoms with E-state index in [-0.39, 0.29) is 18.1 Å². The molecular formula is C10H17NO3. The molecule has 0 aromatic rings. The number of carbonyl (C=O) groups is 1. The number of carbonyl (C=O) groups excluding carboxylic acids is 1. The fourth-order valence-corrected chi connectivity index (χ4v) is 1.57. The van der Waals surface area contributed by atoms with Gasteiger partial charge in [-0.15, -0.1) is 6.58 Å². The Hall–Kier alpha value is -0.870. The highest BCUT2D eigenvalue weighted by molar-refractivity contribution is 5.76. The summed E-state index contributed by atoms with van der Waals surface area (Å²) in [4.78, 5) is 11.4. The summed E-state index contributed by atoms with van der Waals surface area (Å²) in [6, 6.07) is -0.361. The van der Waals surface area contributed by atoms with Crippen molar-refractivity contribution >= 4 is 5.97 Å². The average Bonchev–Trinajstić information content (AvgIpc) is 2.71. The largest absolute Gasteiger partial charge is 0.468 e. The summed E-state index contributed by atoms with van der Waals surface area (Å²) in [5, 5.41) is 3.04. The van der Waals surface area contributed by atoms with E-state index < -0.39 is 0 Å². The first-order valence-electron chi connectivity index (χ1n) is 4.83. The van der Waals surface area contributed by atoms with Crippen LogP contribution in [-0.4, -0.2) is 38.4 Å². The van der Waals surface area contributed by atoms with Crippen molar-refractivity contribution in [2.45, 2.75) is 25.0 Å². The van der Waals surface area contributed by atoms with Crippen molar-refractivity contribution in [3.63, 3.8) is 0 Å². The highest BCUT2D eigenvalue weighted by Crippen LogP contribution is 2.16. The summed E-state index contributed by atoms with van der Waals surface area (Å²) in [6.45, 7) is 4.90. The van der Waals surface area contributed by atoms with E-state index in [0.717, 1.165) is 19.4 Å². The lowest BCUT2D eigenvalue weighted by atomic mass is 10.1. The smallest absolute Gasteiger partial charge is 0.325 e. The lowest BCUT2D eigenvalue weighted by molar-refractivity contribution is -0.146. The molecule has 1 fully saturated rings. The Bertz CT molecular complexity index is 200. The van der Waals surface area contributed by atoms with E-state index in [0.29, 0.717) is 6.54 Å². The molecule has 1 aliphatic heterocycles. The molecule has 1 N–H and O–H groups in total. The molecule has 1 saturated heterocycles. The summed E-state index contributed by atoms with van der Waals surface area (Å²) >= 11 is 0. The van der Waals surface area contributed by atoms with Crippen LogP contribution in [0.5, 0.6) is 0 Å². The quantitative estimate of drug-likeness (QED) is 0.517. The van der Waals surface area contributed by atoms with Gasteiger partial charge < -0.3 is 9.47 Å². The Morgan fingerprint density at radius 1 is 1.86 bits per heavy atom. The van der Waals surface area contributed by atoms with E-state index in [1.807, 2.05) is 0 Å². The second kappa shape index (κ2) is 5.78. The van der Waals surface area contributed by atoms with Crippen molar-refractivity contribution in [3.05, 3.63) is 12.7 Å². The minimum Gasteiger partial charge on any atom is -0.468 e. The molecule has 1 aliphatic rings. The monoisotopic (exact) mass is 199 g/mol. The maximum absolute atomic E-state index is 11.4. The first kappa shape index (κ1) is 11.2. The van der Waals surface area contributed by atoms with Crippen LogP contribution in [0.25, 0.3) is 0 Å². The van der Waals surface area contributed by atoms with E-state index in [1.54, 1.807) is 6.08 Å². The van der Waals surface area contributed by atoms with Gasteiger partial charge in [-0.1, -0.05) is 6.08 Å². The third-order valence-electron chi connectivity index (χ3n) is 2.27. The minimum atomic E-state index is -0.361. The molecule has 1 rings (SSSR count). The Morgan fingerprint density at radius 2 is 2.64 bits per heavy atom. The van der Waals surface area contributed by atoms with Crippen molar-refractivity contribution in [2.75, 3.05) is 20.3 Å². The first-order chi connectivity index (χ1) is 6.79. The summed E-state index contributed by atoms with van der Waals surface area (Å²) < 4.78 is 10.1. The molecule has 0 bridgehead atoms. The van der Waals surface area contributed by atoms with Crippen LogP contribution in [0.15, 0.2) is 12.7 Å². The molecule has 4 nitrogen and oxygen atoms in total. The summed E-state index contributed by atoms with van der Waals surface area (Å²) in [7, 11) is 1.39. The number of ether oxygens (including phenoxy) is 2. The van der Waals surface area contributed by atoms with Crippen LogP contribution in [0.4, 0.5) is 0 Å². The third kappa shape index (κ3) is 2.82. The summed E-state index contributed by atoms with van der Waals surface area (Å²) in [5.74, 6) is -0.265. The molecule has 0 radical (unpaired) electrons. The highest BCUT2D eigenvalue weighted by atomic mass is 16.5. The second-order valence-corrected chi connectivity index (χ2v) is 3.25. The fourth-order valence-electron chi connectivity index (χ4n) is 1.57. The summed E-state index contributed by atoms with van der Waals surface area (Å²) in [6.07, 6.45) is 3.57. The van der Waals surface area contributed by atoms with Gasteiger partial charge in [0.25, 0.3) is 0 Å². The SMILES string of the molecule is C=CCNC(C(=O)OC)C1CCCO1. The fraction of sp³-hybridized carbons (Fsp3) is 0.700. The van der Waals surface area contributed by atoms with Crippen LogP contribution < -0.4 is 5.32 Å². The molecule has 2 atom stereocenters. The maximum Gasteiger partial charge on any atom is 0.325 e. The zero-order chi connectivity index (χ0) is 10.4. The van der Waals surface area contributed by atoms with Crippen molar-refractivity contribution in [1.29, 1.82) is 0 Å². The topological polar surface area (TPSA) is 47.6 Å². The second-order valence-electron chi connectivity index (χ2n) is 3.25. The maximum atomic E-state index is 11.4. The van der Waals surface area contributed by atoms with E-state index in [1.165, 1.54) is 7.11 Å². The van der Waals surface area contributed by atoms with Crippen LogP contribution in [0.2, 0.25) is 0 Å². The van der Waals surface area contributed by atoms with E-state index in [9.17, 15) is 4.79 Å². The Kier molecular flexibility index (Phi) is 4.62. The molecule has 0 aliphatic carbocycles. The molecule has 1 heterocycles. The Balaban J connectivity index is 2.50. The number of esters is 1. The van der Waals surface area contributed by atoms with Crippen LogP contribution in [0.1, 0.15) is 12.8 Å². The van der Waals surface area contributed by atoms with Crippen molar-refractivity contribution in [3.8, 4) is 0 Å². The predicted octanol–water partition coefficient (Wildman–Crippen LogP) is 0.483. The molecule has 0 aromatic heterocycles. The van der Waals surface area contributed by atoms with Crippen LogP contribution in [-0.2, 0) is 14.3 Å². The predicted molar refractivity (Wildman–Crippen MR) is 53.0 cm³/mol. The van der Waals surface area contributed by atoms with Gasteiger partial charge in [0.1, 0.15) is 6.04 Å². The first-order valence-corrected chi connectivity index (χ1v) is 4.83. The van der Waals surface area contributed by atoms with Gasteiger partial charge in [0.2, 0.25) is 0 Å². The number of rotatable bonds is 5. The third-order valence-corrected chi connectivity index (χ3v) is 2.27. The lowest BCUT2D eigenvalue weighted by Crippen LogP contribution is -2.46. The number of nitrogens with one attached hydrogen (secondary N) is 1. The van der Waals surface area contributed by atoms with E-state index in [2.05, 4.69) is 11.9 Å². The zero-order valence-corrected chi connectivity index (χ0v) is 8.49. The molecule has 0 spiro atoms. The standard InChI is InChI=1S/C10H17NO3/c1-3-6-11-9(10(12)13-2)8-5-4-7-14-8/h3,8-9,11H,1,4-7H2,2H3. The number of hydrogen-bond acceptors (Lipinski definition) is 4. The highest BCUT2D eigenvalue weighted by Gasteiger charge is 2.31. The molecule has 14 heavy (non-hydrogen) atoms. The molecular weight excluding hydrogens is 182 g/mol. The normalized spacial score (nSPS) is 23.1. The lowest BCUT2D eigenvalue weighted by Gasteiger charge is -2.20. The average molecular weight is 199 g/mol. The van der Waals surface area contributed by atoms with Gasteiger partial charge in [0.05, 0.1) is 13.2 Å². The molecule has 0 aromatic carbocycles. The van der Waals surface area contributed by atoms with E-state index >= 15 is 0 Å². The molecule has 0 saturated carbocycles. The van der Waals surface area contributed by atoms with Crippen molar-refractivity contribution in [2.24, 2.45) is 0 Å². The zero-order valence-electron chi connectivity index (χ0n) is 8.49. The van der Waals surface area contributed by atoms with Gasteiger partial charge >= 0.3 is 5.97 Å². The number of hydrogen-bond donors (Lipinski definition) is 1. The molecule has 4 heteroatoms. The van der Waals surface area contributed by atoms with Crippen molar-refractivity contribution < 1.29 is 14.3 Å². The Labute approximate surface area is 84.3 Å². The van der Waals surface area contributed by atoms with Gasteiger partial charge in [-0.05, 0) is 12.8 Å². The molecule has 0 amide bonds. The van der Waals surface area contributed by atoms with Crippen LogP contribution in [0, 0.1) is 0 Å². The van der Waals surface area contributed by atoms with Crippen LogP contribution in [0.3, 0.4) is 0 Å². The van der Waals surface area contributed by atoms with Gasteiger partial charge in [0.15, 0.2) is 0 Å². The minimum absolute atomic E-state index is 0.0533. The molecule has 80 valence electrons. The van der Waals surface area contributed by atoms with E-state index in [4.69, 9.17) is 9.47 Å². The van der Waals surface area contributed by atoms with Gasteiger partial charge in [0, 0.05) is 13.2 Å².